The summed E-state index contributed by atoms with van der Waals surface area (Å²) in [6.45, 7) is 2.74. The van der Waals surface area contributed by atoms with Crippen molar-refractivity contribution in [2.45, 2.75) is 19.9 Å². The van der Waals surface area contributed by atoms with Crippen molar-refractivity contribution in [3.63, 3.8) is 0 Å². The monoisotopic (exact) mass is 313 g/mol. The molecule has 1 aromatic carbocycles. The van der Waals surface area contributed by atoms with Gasteiger partial charge in [-0.1, -0.05) is 6.07 Å². The van der Waals surface area contributed by atoms with Crippen LogP contribution in [0.3, 0.4) is 0 Å². The zero-order valence-corrected chi connectivity index (χ0v) is 12.9. The second-order valence-corrected chi connectivity index (χ2v) is 4.97. The molecule has 0 unspecified atom stereocenters. The molecule has 0 atom stereocenters. The molecule has 0 aliphatic heterocycles. The summed E-state index contributed by atoms with van der Waals surface area (Å²) in [4.78, 5) is 35.1. The van der Waals surface area contributed by atoms with E-state index in [1.54, 1.807) is 42.6 Å². The number of benzene rings is 1. The molecule has 2 amide bonds. The van der Waals surface area contributed by atoms with Gasteiger partial charge in [-0.15, -0.1) is 0 Å². The largest absolute Gasteiger partial charge is 0.352 e. The fourth-order valence-electron chi connectivity index (χ4n) is 2.06. The van der Waals surface area contributed by atoms with Crippen LogP contribution in [0.5, 0.6) is 0 Å². The summed E-state index contributed by atoms with van der Waals surface area (Å²) < 4.78 is 1.48. The Hall–Kier alpha value is -2.89. The van der Waals surface area contributed by atoms with Crippen LogP contribution >= 0.6 is 0 Å². The number of nitrogens with zero attached hydrogens (tertiary/aromatic N) is 1. The molecule has 0 radical (unpaired) electrons. The minimum Gasteiger partial charge on any atom is -0.352 e. The van der Waals surface area contributed by atoms with Gasteiger partial charge in [0.1, 0.15) is 0 Å². The first-order valence-corrected chi connectivity index (χ1v) is 7.43. The van der Waals surface area contributed by atoms with E-state index in [2.05, 4.69) is 10.6 Å². The summed E-state index contributed by atoms with van der Waals surface area (Å²) in [7, 11) is 0. The third-order valence-electron chi connectivity index (χ3n) is 3.25. The van der Waals surface area contributed by atoms with Crippen molar-refractivity contribution in [2.75, 3.05) is 11.9 Å². The van der Waals surface area contributed by atoms with Gasteiger partial charge >= 0.3 is 0 Å². The zero-order chi connectivity index (χ0) is 16.7. The first-order chi connectivity index (χ1) is 11.1. The molecule has 23 heavy (non-hydrogen) atoms. The molecule has 2 N–H and O–H groups in total. The Kier molecular flexibility index (Phi) is 5.68. The highest BCUT2D eigenvalue weighted by molar-refractivity contribution is 5.95. The average Bonchev–Trinajstić information content (AvgIpc) is 2.55. The number of aromatic nitrogens is 1. The van der Waals surface area contributed by atoms with E-state index >= 15 is 0 Å². The number of aryl methyl sites for hydroxylation is 1. The molecule has 6 nitrogen and oxygen atoms in total. The van der Waals surface area contributed by atoms with Gasteiger partial charge in [0.2, 0.25) is 5.91 Å². The summed E-state index contributed by atoms with van der Waals surface area (Å²) in [6.07, 6.45) is 1.85. The van der Waals surface area contributed by atoms with Crippen molar-refractivity contribution < 1.29 is 9.59 Å². The van der Waals surface area contributed by atoms with Gasteiger partial charge in [0.15, 0.2) is 0 Å². The van der Waals surface area contributed by atoms with Crippen LogP contribution in [0.1, 0.15) is 23.7 Å². The van der Waals surface area contributed by atoms with Crippen LogP contribution in [0.4, 0.5) is 5.69 Å². The predicted octanol–water partition coefficient (Wildman–Crippen LogP) is 1.63. The molecule has 0 aliphatic carbocycles. The Morgan fingerprint density at radius 2 is 1.83 bits per heavy atom. The van der Waals surface area contributed by atoms with Gasteiger partial charge in [0.25, 0.3) is 11.5 Å². The quantitative estimate of drug-likeness (QED) is 0.850. The van der Waals surface area contributed by atoms with Crippen molar-refractivity contribution in [1.82, 2.24) is 9.88 Å². The summed E-state index contributed by atoms with van der Waals surface area (Å²) in [5.41, 5.74) is 1.02. The number of nitrogens with one attached hydrogen (secondary N) is 2. The number of hydrogen-bond donors (Lipinski definition) is 2. The molecule has 1 heterocycles. The van der Waals surface area contributed by atoms with Gasteiger partial charge in [-0.3, -0.25) is 14.4 Å². The maximum Gasteiger partial charge on any atom is 0.251 e. The van der Waals surface area contributed by atoms with Crippen molar-refractivity contribution in [1.29, 1.82) is 0 Å². The molecule has 1 aromatic heterocycles. The molecule has 0 fully saturated rings. The highest BCUT2D eigenvalue weighted by Gasteiger charge is 2.06. The van der Waals surface area contributed by atoms with Gasteiger partial charge in [-0.25, -0.2) is 0 Å². The summed E-state index contributed by atoms with van der Waals surface area (Å²) in [5.74, 6) is -0.333. The topological polar surface area (TPSA) is 80.2 Å². The van der Waals surface area contributed by atoms with E-state index in [-0.39, 0.29) is 23.8 Å². The Bertz CT molecular complexity index is 735. The van der Waals surface area contributed by atoms with E-state index in [0.29, 0.717) is 24.3 Å². The number of pyridine rings is 1. The molecule has 0 saturated heterocycles. The summed E-state index contributed by atoms with van der Waals surface area (Å²) in [5, 5.41) is 5.45. The van der Waals surface area contributed by atoms with Crippen LogP contribution in [-0.2, 0) is 11.3 Å². The molecule has 2 aromatic rings. The summed E-state index contributed by atoms with van der Waals surface area (Å²) >= 11 is 0. The number of carbonyl (C=O) groups is 2. The Balaban J connectivity index is 1.89. The van der Waals surface area contributed by atoms with Crippen LogP contribution in [0, 0.1) is 0 Å². The standard InChI is InChI=1S/C17H19N3O3/c1-2-18-17(23)13-6-8-14(9-7-13)19-15(21)10-12-20-11-4-3-5-16(20)22/h3-9,11H,2,10,12H2,1H3,(H,18,23)(H,19,21). The van der Waals surface area contributed by atoms with Crippen LogP contribution in [-0.4, -0.2) is 22.9 Å². The normalized spacial score (nSPS) is 10.1. The first kappa shape index (κ1) is 16.5. The van der Waals surface area contributed by atoms with Crippen LogP contribution in [0.2, 0.25) is 0 Å². The fourth-order valence-corrected chi connectivity index (χ4v) is 2.06. The number of amides is 2. The minimum absolute atomic E-state index is 0.133. The molecule has 6 heteroatoms. The van der Waals surface area contributed by atoms with E-state index in [9.17, 15) is 14.4 Å². The highest BCUT2D eigenvalue weighted by Crippen LogP contribution is 2.10. The molecule has 0 saturated carbocycles. The maximum absolute atomic E-state index is 11.9. The lowest BCUT2D eigenvalue weighted by Gasteiger charge is -2.08. The van der Waals surface area contributed by atoms with E-state index in [1.165, 1.54) is 10.6 Å². The van der Waals surface area contributed by atoms with Crippen LogP contribution in [0.15, 0.2) is 53.5 Å². The number of anilines is 1. The number of hydrogen-bond acceptors (Lipinski definition) is 3. The maximum atomic E-state index is 11.9. The molecule has 0 spiro atoms. The van der Waals surface area contributed by atoms with Crippen molar-refractivity contribution >= 4 is 17.5 Å². The van der Waals surface area contributed by atoms with Crippen molar-refractivity contribution in [2.24, 2.45) is 0 Å². The average molecular weight is 313 g/mol. The van der Waals surface area contributed by atoms with Gasteiger partial charge < -0.3 is 15.2 Å². The smallest absolute Gasteiger partial charge is 0.251 e. The predicted molar refractivity (Wildman–Crippen MR) is 88.4 cm³/mol. The molecule has 0 bridgehead atoms. The van der Waals surface area contributed by atoms with E-state index in [0.717, 1.165) is 0 Å². The van der Waals surface area contributed by atoms with Gasteiger partial charge in [-0.05, 0) is 37.3 Å². The highest BCUT2D eigenvalue weighted by atomic mass is 16.2. The fraction of sp³-hybridized carbons (Fsp3) is 0.235. The van der Waals surface area contributed by atoms with Crippen LogP contribution in [0.25, 0.3) is 0 Å². The van der Waals surface area contributed by atoms with E-state index in [4.69, 9.17) is 0 Å². The lowest BCUT2D eigenvalue weighted by Crippen LogP contribution is -2.23. The Morgan fingerprint density at radius 3 is 2.48 bits per heavy atom. The second-order valence-electron chi connectivity index (χ2n) is 4.97. The van der Waals surface area contributed by atoms with Crippen molar-refractivity contribution in [3.05, 3.63) is 64.6 Å². The zero-order valence-electron chi connectivity index (χ0n) is 12.9. The SMILES string of the molecule is CCNC(=O)c1ccc(NC(=O)CCn2ccccc2=O)cc1. The van der Waals surface area contributed by atoms with Gasteiger partial charge in [-0.2, -0.15) is 0 Å². The second kappa shape index (κ2) is 7.93. The lowest BCUT2D eigenvalue weighted by atomic mass is 10.2. The van der Waals surface area contributed by atoms with Gasteiger partial charge in [0, 0.05) is 43.0 Å². The first-order valence-electron chi connectivity index (χ1n) is 7.43. The minimum atomic E-state index is -0.188. The van der Waals surface area contributed by atoms with E-state index < -0.39 is 0 Å². The Labute approximate surface area is 134 Å². The van der Waals surface area contributed by atoms with Gasteiger partial charge in [0.05, 0.1) is 0 Å². The lowest BCUT2D eigenvalue weighted by molar-refractivity contribution is -0.116. The molecule has 120 valence electrons. The molecule has 2 rings (SSSR count). The third-order valence-corrected chi connectivity index (χ3v) is 3.25. The molecule has 0 aliphatic rings. The van der Waals surface area contributed by atoms with Crippen LogP contribution < -0.4 is 16.2 Å². The molecular formula is C17H19N3O3. The Morgan fingerprint density at radius 1 is 1.09 bits per heavy atom. The third kappa shape index (κ3) is 4.81. The number of carbonyl (C=O) groups excluding carboxylic acids is 2. The number of rotatable bonds is 6. The van der Waals surface area contributed by atoms with E-state index in [1.807, 2.05) is 6.92 Å². The van der Waals surface area contributed by atoms with Crippen molar-refractivity contribution in [3.8, 4) is 0 Å². The summed E-state index contributed by atoms with van der Waals surface area (Å²) in [6, 6.07) is 11.5. The molecular weight excluding hydrogens is 294 g/mol.